The van der Waals surface area contributed by atoms with Crippen molar-refractivity contribution in [1.29, 1.82) is 0 Å². The van der Waals surface area contributed by atoms with Crippen LogP contribution in [0.1, 0.15) is 18.5 Å². The molecule has 0 aliphatic rings. The Hall–Kier alpha value is -2.95. The van der Waals surface area contributed by atoms with Crippen LogP contribution in [0.2, 0.25) is 0 Å². The van der Waals surface area contributed by atoms with Gasteiger partial charge in [0, 0.05) is 28.4 Å². The molecule has 0 spiro atoms. The van der Waals surface area contributed by atoms with Gasteiger partial charge in [0.1, 0.15) is 5.75 Å². The molecule has 0 bridgehead atoms. The molecule has 5 heteroatoms. The average molecular weight is 324 g/mol. The summed E-state index contributed by atoms with van der Waals surface area (Å²) in [6, 6.07) is 14.7. The first-order valence-corrected chi connectivity index (χ1v) is 7.86. The van der Waals surface area contributed by atoms with Gasteiger partial charge in [-0.25, -0.2) is 4.79 Å². The first kappa shape index (κ1) is 15.9. The molecular weight excluding hydrogens is 304 g/mol. The molecule has 3 aromatic rings. The highest BCUT2D eigenvalue weighted by molar-refractivity contribution is 5.92. The first-order chi connectivity index (χ1) is 11.7. The maximum absolute atomic E-state index is 12.5. The molecule has 1 atom stereocenters. The van der Waals surface area contributed by atoms with Gasteiger partial charge in [-0.3, -0.25) is 0 Å². The predicted molar refractivity (Wildman–Crippen MR) is 94.3 cm³/mol. The van der Waals surface area contributed by atoms with Crippen LogP contribution >= 0.6 is 0 Å². The summed E-state index contributed by atoms with van der Waals surface area (Å²) >= 11 is 0. The van der Waals surface area contributed by atoms with Crippen molar-refractivity contribution in [3.05, 3.63) is 60.3 Å². The summed E-state index contributed by atoms with van der Waals surface area (Å²) in [6.45, 7) is 2.13. The van der Waals surface area contributed by atoms with Crippen molar-refractivity contribution in [2.75, 3.05) is 19.0 Å². The number of ether oxygens (including phenoxy) is 2. The van der Waals surface area contributed by atoms with Crippen molar-refractivity contribution < 1.29 is 14.3 Å². The van der Waals surface area contributed by atoms with Crippen molar-refractivity contribution >= 4 is 22.6 Å². The van der Waals surface area contributed by atoms with Gasteiger partial charge < -0.3 is 19.8 Å². The second-order valence-electron chi connectivity index (χ2n) is 5.35. The zero-order valence-electron chi connectivity index (χ0n) is 13.7. The molecule has 24 heavy (non-hydrogen) atoms. The molecule has 2 aromatic carbocycles. The third-order valence-corrected chi connectivity index (χ3v) is 3.84. The Balaban J connectivity index is 2.03. The van der Waals surface area contributed by atoms with Crippen molar-refractivity contribution in [3.63, 3.8) is 0 Å². The molecule has 1 unspecified atom stereocenters. The molecule has 0 radical (unpaired) electrons. The maximum atomic E-state index is 12.5. The van der Waals surface area contributed by atoms with Gasteiger partial charge >= 0.3 is 5.97 Å². The number of benzene rings is 2. The normalized spacial score (nSPS) is 11.9. The number of fused-ring (bicyclic) bond motifs is 1. The molecule has 0 aliphatic heterocycles. The number of methoxy groups -OCH3 is 1. The van der Waals surface area contributed by atoms with Crippen LogP contribution in [-0.2, 0) is 9.53 Å². The highest BCUT2D eigenvalue weighted by atomic mass is 16.5. The summed E-state index contributed by atoms with van der Waals surface area (Å²) in [5.41, 5.74) is 2.62. The van der Waals surface area contributed by atoms with Gasteiger partial charge in [-0.15, -0.1) is 0 Å². The van der Waals surface area contributed by atoms with Crippen molar-refractivity contribution in [1.82, 2.24) is 4.98 Å². The Kier molecular flexibility index (Phi) is 4.70. The van der Waals surface area contributed by atoms with Gasteiger partial charge in [-0.2, -0.15) is 0 Å². The standard InChI is InChI=1S/C19H20N2O3/c1-3-24-19(22)18(21-13-7-5-4-6-8-13)16-12-20-17-10-9-14(23-2)11-15(16)17/h4-12,18,20-21H,3H2,1-2H3. The Bertz CT molecular complexity index is 827. The van der Waals surface area contributed by atoms with Crippen LogP contribution in [0.4, 0.5) is 5.69 Å². The number of carbonyl (C=O) groups excluding carboxylic acids is 1. The number of aromatic nitrogens is 1. The second-order valence-corrected chi connectivity index (χ2v) is 5.35. The second kappa shape index (κ2) is 7.08. The van der Waals surface area contributed by atoms with E-state index in [1.54, 1.807) is 14.0 Å². The minimum absolute atomic E-state index is 0.315. The van der Waals surface area contributed by atoms with Crippen LogP contribution in [0.15, 0.2) is 54.7 Å². The number of aromatic amines is 1. The SMILES string of the molecule is CCOC(=O)C(Nc1ccccc1)c1c[nH]c2ccc(OC)cc12. The summed E-state index contributed by atoms with van der Waals surface area (Å²) in [4.78, 5) is 15.7. The quantitative estimate of drug-likeness (QED) is 0.675. The van der Waals surface area contributed by atoms with Crippen LogP contribution in [0, 0.1) is 0 Å². The van der Waals surface area contributed by atoms with E-state index in [1.807, 2.05) is 54.7 Å². The topological polar surface area (TPSA) is 63.3 Å². The summed E-state index contributed by atoms with van der Waals surface area (Å²) < 4.78 is 10.6. The van der Waals surface area contributed by atoms with Gasteiger partial charge in [0.05, 0.1) is 13.7 Å². The Morgan fingerprint density at radius 3 is 2.71 bits per heavy atom. The van der Waals surface area contributed by atoms with Crippen LogP contribution < -0.4 is 10.1 Å². The fourth-order valence-electron chi connectivity index (χ4n) is 2.68. The first-order valence-electron chi connectivity index (χ1n) is 7.86. The monoisotopic (exact) mass is 324 g/mol. The number of hydrogen-bond donors (Lipinski definition) is 2. The zero-order valence-corrected chi connectivity index (χ0v) is 13.7. The van der Waals surface area contributed by atoms with E-state index < -0.39 is 6.04 Å². The summed E-state index contributed by atoms with van der Waals surface area (Å²) in [5.74, 6) is 0.427. The Morgan fingerprint density at radius 2 is 2.00 bits per heavy atom. The van der Waals surface area contributed by atoms with Gasteiger partial charge in [0.25, 0.3) is 0 Å². The van der Waals surface area contributed by atoms with Crippen LogP contribution in [-0.4, -0.2) is 24.7 Å². The van der Waals surface area contributed by atoms with E-state index in [1.165, 1.54) is 0 Å². The average Bonchev–Trinajstić information content (AvgIpc) is 3.03. The summed E-state index contributed by atoms with van der Waals surface area (Å²) in [5, 5.41) is 4.19. The van der Waals surface area contributed by atoms with Crippen LogP contribution in [0.25, 0.3) is 10.9 Å². The minimum atomic E-state index is -0.604. The molecule has 0 amide bonds. The third kappa shape index (κ3) is 3.20. The van der Waals surface area contributed by atoms with Crippen molar-refractivity contribution in [3.8, 4) is 5.75 Å². The van der Waals surface area contributed by atoms with Crippen LogP contribution in [0.3, 0.4) is 0 Å². The largest absolute Gasteiger partial charge is 0.497 e. The molecule has 1 aromatic heterocycles. The number of nitrogens with one attached hydrogen (secondary N) is 2. The zero-order chi connectivity index (χ0) is 16.9. The number of para-hydroxylation sites is 1. The van der Waals surface area contributed by atoms with Gasteiger partial charge in [0.15, 0.2) is 6.04 Å². The van der Waals surface area contributed by atoms with Gasteiger partial charge in [-0.05, 0) is 37.3 Å². The lowest BCUT2D eigenvalue weighted by atomic mass is 10.0. The molecule has 0 saturated carbocycles. The highest BCUT2D eigenvalue weighted by Gasteiger charge is 2.25. The van der Waals surface area contributed by atoms with E-state index in [0.29, 0.717) is 6.61 Å². The predicted octanol–water partition coefficient (Wildman–Crippen LogP) is 3.89. The van der Waals surface area contributed by atoms with Crippen LogP contribution in [0.5, 0.6) is 5.75 Å². The Labute approximate surface area is 140 Å². The number of rotatable bonds is 6. The van der Waals surface area contributed by atoms with Crippen molar-refractivity contribution in [2.45, 2.75) is 13.0 Å². The molecule has 0 fully saturated rings. The summed E-state index contributed by atoms with van der Waals surface area (Å²) in [7, 11) is 1.62. The van der Waals surface area contributed by atoms with Gasteiger partial charge in [0.2, 0.25) is 0 Å². The maximum Gasteiger partial charge on any atom is 0.333 e. The fourth-order valence-corrected chi connectivity index (χ4v) is 2.68. The molecule has 3 rings (SSSR count). The van der Waals surface area contributed by atoms with E-state index >= 15 is 0 Å². The van der Waals surface area contributed by atoms with Gasteiger partial charge in [-0.1, -0.05) is 18.2 Å². The molecule has 0 saturated heterocycles. The van der Waals surface area contributed by atoms with E-state index in [0.717, 1.165) is 27.9 Å². The molecule has 1 heterocycles. The van der Waals surface area contributed by atoms with E-state index in [9.17, 15) is 4.79 Å². The molecule has 5 nitrogen and oxygen atoms in total. The lowest BCUT2D eigenvalue weighted by Gasteiger charge is -2.18. The number of carbonyl (C=O) groups is 1. The van der Waals surface area contributed by atoms with E-state index in [2.05, 4.69) is 10.3 Å². The van der Waals surface area contributed by atoms with E-state index in [4.69, 9.17) is 9.47 Å². The summed E-state index contributed by atoms with van der Waals surface area (Å²) in [6.07, 6.45) is 1.83. The number of H-pyrrole nitrogens is 1. The molecule has 0 aliphatic carbocycles. The highest BCUT2D eigenvalue weighted by Crippen LogP contribution is 2.30. The molecule has 124 valence electrons. The number of anilines is 1. The van der Waals surface area contributed by atoms with E-state index in [-0.39, 0.29) is 5.97 Å². The third-order valence-electron chi connectivity index (χ3n) is 3.84. The number of esters is 1. The molecular formula is C19H20N2O3. The molecule has 2 N–H and O–H groups in total. The minimum Gasteiger partial charge on any atom is -0.497 e. The Morgan fingerprint density at radius 1 is 1.21 bits per heavy atom. The van der Waals surface area contributed by atoms with Crippen molar-refractivity contribution in [2.24, 2.45) is 0 Å². The lowest BCUT2D eigenvalue weighted by Crippen LogP contribution is -2.23. The smallest absolute Gasteiger partial charge is 0.333 e. The number of hydrogen-bond acceptors (Lipinski definition) is 4. The lowest BCUT2D eigenvalue weighted by molar-refractivity contribution is -0.144. The fraction of sp³-hybridized carbons (Fsp3) is 0.211.